The lowest BCUT2D eigenvalue weighted by molar-refractivity contribution is -0.137. The van der Waals surface area contributed by atoms with Crippen molar-refractivity contribution >= 4 is 11.7 Å². The van der Waals surface area contributed by atoms with E-state index in [-0.39, 0.29) is 12.3 Å². The summed E-state index contributed by atoms with van der Waals surface area (Å²) in [6, 6.07) is 22.6. The molecule has 1 saturated heterocycles. The summed E-state index contributed by atoms with van der Waals surface area (Å²) in [5.74, 6) is 2.87. The van der Waals surface area contributed by atoms with Crippen LogP contribution in [0.4, 0.5) is 5.69 Å². The number of carboxylic acids is 1. The van der Waals surface area contributed by atoms with Crippen LogP contribution in [-0.2, 0) is 4.79 Å². The summed E-state index contributed by atoms with van der Waals surface area (Å²) in [5.41, 5.74) is 4.62. The molecule has 0 amide bonds. The summed E-state index contributed by atoms with van der Waals surface area (Å²) in [7, 11) is 3.39. The Bertz CT molecular complexity index is 1230. The number of carbonyl (C=O) groups is 1. The summed E-state index contributed by atoms with van der Waals surface area (Å²) >= 11 is 0. The number of piperidine rings is 1. The summed E-state index contributed by atoms with van der Waals surface area (Å²) < 4.78 is 17.1. The van der Waals surface area contributed by atoms with Crippen LogP contribution >= 0.6 is 0 Å². The number of carboxylic acid groups (broad SMARTS) is 1. The van der Waals surface area contributed by atoms with Crippen LogP contribution in [0.25, 0.3) is 11.1 Å². The average Bonchev–Trinajstić information content (AvgIpc) is 3.80. The van der Waals surface area contributed by atoms with Crippen molar-refractivity contribution in [3.8, 4) is 28.4 Å². The lowest BCUT2D eigenvalue weighted by Crippen LogP contribution is -2.35. The van der Waals surface area contributed by atoms with Crippen molar-refractivity contribution in [2.75, 3.05) is 38.8 Å². The first-order chi connectivity index (χ1) is 18.5. The van der Waals surface area contributed by atoms with Crippen LogP contribution in [0.1, 0.15) is 43.6 Å². The molecule has 1 unspecified atom stereocenters. The Balaban J connectivity index is 1.22. The summed E-state index contributed by atoms with van der Waals surface area (Å²) in [6.45, 7) is 2.58. The predicted molar refractivity (Wildman–Crippen MR) is 150 cm³/mol. The minimum atomic E-state index is -0.730. The molecule has 200 valence electrons. The molecule has 3 aromatic carbocycles. The first kappa shape index (κ1) is 26.0. The Morgan fingerprint density at radius 3 is 2.26 bits per heavy atom. The zero-order valence-electron chi connectivity index (χ0n) is 22.3. The van der Waals surface area contributed by atoms with Crippen LogP contribution in [0.15, 0.2) is 66.7 Å². The minimum Gasteiger partial charge on any atom is -0.497 e. The molecule has 1 atom stereocenters. The summed E-state index contributed by atoms with van der Waals surface area (Å²) in [5, 5.41) is 9.35. The number of hydrogen-bond donors (Lipinski definition) is 1. The van der Waals surface area contributed by atoms with Crippen molar-refractivity contribution in [1.29, 1.82) is 0 Å². The van der Waals surface area contributed by atoms with E-state index in [4.69, 9.17) is 14.2 Å². The van der Waals surface area contributed by atoms with Gasteiger partial charge in [-0.2, -0.15) is 0 Å². The topological polar surface area (TPSA) is 68.2 Å². The number of rotatable bonds is 11. The van der Waals surface area contributed by atoms with E-state index in [2.05, 4.69) is 35.2 Å². The van der Waals surface area contributed by atoms with Crippen molar-refractivity contribution in [1.82, 2.24) is 0 Å². The van der Waals surface area contributed by atoms with Crippen LogP contribution in [-0.4, -0.2) is 45.0 Å². The monoisotopic (exact) mass is 515 g/mol. The summed E-state index contributed by atoms with van der Waals surface area (Å²) in [6.07, 6.45) is 4.52. The van der Waals surface area contributed by atoms with Gasteiger partial charge in [0.2, 0.25) is 0 Å². The molecule has 0 radical (unpaired) electrons. The van der Waals surface area contributed by atoms with Gasteiger partial charge in [0, 0.05) is 30.4 Å². The SMILES string of the molecule is COc1ccc(-c2ccc(OC)cc2N2CCC(COc3cccc(C(CC(=O)O)C4CC4)c3)CC2)cc1. The van der Waals surface area contributed by atoms with Gasteiger partial charge < -0.3 is 24.2 Å². The Hall–Kier alpha value is -3.67. The molecule has 6 nitrogen and oxygen atoms in total. The highest BCUT2D eigenvalue weighted by Gasteiger charge is 2.34. The van der Waals surface area contributed by atoms with Gasteiger partial charge in [0.25, 0.3) is 0 Å². The molecule has 6 heteroatoms. The van der Waals surface area contributed by atoms with Gasteiger partial charge in [0.05, 0.1) is 27.2 Å². The lowest BCUT2D eigenvalue weighted by atomic mass is 9.91. The van der Waals surface area contributed by atoms with Gasteiger partial charge in [-0.3, -0.25) is 4.79 Å². The van der Waals surface area contributed by atoms with E-state index in [0.717, 1.165) is 67.1 Å². The smallest absolute Gasteiger partial charge is 0.303 e. The molecule has 0 bridgehead atoms. The second-order valence-corrected chi connectivity index (χ2v) is 10.5. The zero-order valence-corrected chi connectivity index (χ0v) is 22.3. The van der Waals surface area contributed by atoms with Crippen molar-refractivity contribution in [3.63, 3.8) is 0 Å². The van der Waals surface area contributed by atoms with Crippen LogP contribution in [0, 0.1) is 11.8 Å². The van der Waals surface area contributed by atoms with E-state index < -0.39 is 5.97 Å². The van der Waals surface area contributed by atoms with Gasteiger partial charge in [0.15, 0.2) is 0 Å². The largest absolute Gasteiger partial charge is 0.497 e. The number of ether oxygens (including phenoxy) is 3. The third-order valence-electron chi connectivity index (χ3n) is 7.92. The van der Waals surface area contributed by atoms with Crippen LogP contribution in [0.3, 0.4) is 0 Å². The van der Waals surface area contributed by atoms with Gasteiger partial charge in [-0.1, -0.05) is 24.3 Å². The van der Waals surface area contributed by atoms with E-state index in [1.807, 2.05) is 36.4 Å². The van der Waals surface area contributed by atoms with Gasteiger partial charge in [-0.25, -0.2) is 0 Å². The molecule has 1 N–H and O–H groups in total. The number of aliphatic carboxylic acids is 1. The number of methoxy groups -OCH3 is 2. The molecule has 2 fully saturated rings. The Morgan fingerprint density at radius 2 is 1.61 bits per heavy atom. The maximum Gasteiger partial charge on any atom is 0.303 e. The molecule has 38 heavy (non-hydrogen) atoms. The second kappa shape index (κ2) is 11.8. The van der Waals surface area contributed by atoms with E-state index in [0.29, 0.717) is 18.4 Å². The van der Waals surface area contributed by atoms with E-state index >= 15 is 0 Å². The number of nitrogens with zero attached hydrogens (tertiary/aromatic N) is 1. The van der Waals surface area contributed by atoms with Crippen molar-refractivity contribution in [2.24, 2.45) is 11.8 Å². The fourth-order valence-electron chi connectivity index (χ4n) is 5.55. The quantitative estimate of drug-likeness (QED) is 0.309. The standard InChI is InChI=1S/C32H37NO5/c1-36-26-10-8-23(9-11-26)29-13-12-27(37-2)19-31(29)33-16-14-22(15-17-33)21-38-28-5-3-4-25(18-28)30(20-32(34)35)24-6-7-24/h3-5,8-13,18-19,22,24,30H,6-7,14-17,20-21H2,1-2H3,(H,34,35). The normalized spacial score (nSPS) is 16.6. The highest BCUT2D eigenvalue weighted by atomic mass is 16.5. The molecule has 1 saturated carbocycles. The van der Waals surface area contributed by atoms with Gasteiger partial charge >= 0.3 is 5.97 Å². The molecule has 0 spiro atoms. The van der Waals surface area contributed by atoms with Crippen molar-refractivity contribution < 1.29 is 24.1 Å². The number of benzene rings is 3. The summed E-state index contributed by atoms with van der Waals surface area (Å²) in [4.78, 5) is 13.8. The molecule has 1 heterocycles. The van der Waals surface area contributed by atoms with Gasteiger partial charge in [-0.15, -0.1) is 0 Å². The maximum absolute atomic E-state index is 11.4. The second-order valence-electron chi connectivity index (χ2n) is 10.5. The molecule has 1 aliphatic heterocycles. The number of hydrogen-bond acceptors (Lipinski definition) is 5. The third-order valence-corrected chi connectivity index (χ3v) is 7.92. The lowest BCUT2D eigenvalue weighted by Gasteiger charge is -2.35. The third kappa shape index (κ3) is 6.24. The van der Waals surface area contributed by atoms with Crippen molar-refractivity contribution in [3.05, 3.63) is 72.3 Å². The van der Waals surface area contributed by atoms with E-state index in [1.165, 1.54) is 11.3 Å². The van der Waals surface area contributed by atoms with E-state index in [9.17, 15) is 9.90 Å². The predicted octanol–water partition coefficient (Wildman–Crippen LogP) is 6.63. The van der Waals surface area contributed by atoms with Crippen LogP contribution < -0.4 is 19.1 Å². The number of anilines is 1. The Morgan fingerprint density at radius 1 is 0.895 bits per heavy atom. The molecule has 0 aromatic heterocycles. The molecule has 2 aliphatic rings. The average molecular weight is 516 g/mol. The van der Waals surface area contributed by atoms with Gasteiger partial charge in [-0.05, 0) is 91.0 Å². The fourth-order valence-corrected chi connectivity index (χ4v) is 5.55. The molecular formula is C32H37NO5. The highest BCUT2D eigenvalue weighted by Crippen LogP contribution is 2.45. The Labute approximate surface area is 225 Å². The maximum atomic E-state index is 11.4. The highest BCUT2D eigenvalue weighted by molar-refractivity contribution is 5.80. The van der Waals surface area contributed by atoms with Crippen LogP contribution in [0.2, 0.25) is 0 Å². The Kier molecular flexibility index (Phi) is 8.06. The van der Waals surface area contributed by atoms with Crippen LogP contribution in [0.5, 0.6) is 17.2 Å². The van der Waals surface area contributed by atoms with E-state index in [1.54, 1.807) is 14.2 Å². The first-order valence-electron chi connectivity index (χ1n) is 13.6. The first-order valence-corrected chi connectivity index (χ1v) is 13.6. The molecule has 3 aromatic rings. The van der Waals surface area contributed by atoms with Crippen molar-refractivity contribution in [2.45, 2.75) is 38.0 Å². The molecule has 5 rings (SSSR count). The fraction of sp³-hybridized carbons (Fsp3) is 0.406. The molecular weight excluding hydrogens is 478 g/mol. The minimum absolute atomic E-state index is 0.0852. The zero-order chi connectivity index (χ0) is 26.5. The van der Waals surface area contributed by atoms with Gasteiger partial charge in [0.1, 0.15) is 17.2 Å². The molecule has 1 aliphatic carbocycles.